The van der Waals surface area contributed by atoms with Crippen molar-refractivity contribution in [2.75, 3.05) is 0 Å². The molecule has 0 heterocycles. The van der Waals surface area contributed by atoms with Crippen molar-refractivity contribution in [2.24, 2.45) is 0 Å². The average molecular weight is 222 g/mol. The van der Waals surface area contributed by atoms with Gasteiger partial charge in [0.25, 0.3) is 0 Å². The third-order valence-corrected chi connectivity index (χ3v) is 2.88. The lowest BCUT2D eigenvalue weighted by Crippen LogP contribution is -1.96. The van der Waals surface area contributed by atoms with Crippen molar-refractivity contribution in [3.8, 4) is 6.07 Å². The van der Waals surface area contributed by atoms with Gasteiger partial charge in [0, 0.05) is 5.02 Å². The first-order valence-corrected chi connectivity index (χ1v) is 5.81. The fraction of sp³-hybridized carbons (Fsp3) is 0.462. The molecule has 0 aliphatic rings. The summed E-state index contributed by atoms with van der Waals surface area (Å²) in [5.74, 6) is -0.0507. The minimum Gasteiger partial charge on any atom is -0.198 e. The molecule has 0 fully saturated rings. The fourth-order valence-corrected chi connectivity index (χ4v) is 1.91. The van der Waals surface area contributed by atoms with E-state index in [2.05, 4.69) is 13.0 Å². The van der Waals surface area contributed by atoms with Crippen LogP contribution in [0.5, 0.6) is 0 Å². The Morgan fingerprint density at radius 2 is 2.07 bits per heavy atom. The third-order valence-electron chi connectivity index (χ3n) is 2.53. The monoisotopic (exact) mass is 221 g/mol. The van der Waals surface area contributed by atoms with E-state index < -0.39 is 0 Å². The minimum absolute atomic E-state index is 0.0507. The first-order chi connectivity index (χ1) is 7.29. The van der Waals surface area contributed by atoms with Crippen molar-refractivity contribution in [3.63, 3.8) is 0 Å². The molecule has 15 heavy (non-hydrogen) atoms. The number of nitrogens with zero attached hydrogens (tertiary/aromatic N) is 1. The van der Waals surface area contributed by atoms with Gasteiger partial charge < -0.3 is 0 Å². The van der Waals surface area contributed by atoms with Gasteiger partial charge in [-0.25, -0.2) is 0 Å². The Kier molecular flexibility index (Phi) is 5.21. The number of nitriles is 1. The van der Waals surface area contributed by atoms with Crippen molar-refractivity contribution in [2.45, 2.75) is 38.5 Å². The highest BCUT2D eigenvalue weighted by Gasteiger charge is 2.12. The van der Waals surface area contributed by atoms with Gasteiger partial charge in [0.15, 0.2) is 0 Å². The zero-order valence-corrected chi connectivity index (χ0v) is 9.80. The molecule has 0 spiro atoms. The summed E-state index contributed by atoms with van der Waals surface area (Å²) in [4.78, 5) is 0. The van der Waals surface area contributed by atoms with Gasteiger partial charge in [-0.3, -0.25) is 0 Å². The van der Waals surface area contributed by atoms with Crippen LogP contribution in [0.2, 0.25) is 5.02 Å². The average Bonchev–Trinajstić information content (AvgIpc) is 2.26. The van der Waals surface area contributed by atoms with Crippen LogP contribution < -0.4 is 0 Å². The van der Waals surface area contributed by atoms with Crippen molar-refractivity contribution in [1.82, 2.24) is 0 Å². The van der Waals surface area contributed by atoms with E-state index in [1.54, 1.807) is 0 Å². The second kappa shape index (κ2) is 6.48. The van der Waals surface area contributed by atoms with E-state index in [0.717, 1.165) is 18.4 Å². The van der Waals surface area contributed by atoms with Crippen LogP contribution in [-0.2, 0) is 0 Å². The number of halogens is 1. The van der Waals surface area contributed by atoms with Crippen LogP contribution in [0.3, 0.4) is 0 Å². The molecule has 1 atom stereocenters. The molecule has 0 radical (unpaired) electrons. The molecule has 0 bridgehead atoms. The van der Waals surface area contributed by atoms with Gasteiger partial charge in [0.1, 0.15) is 0 Å². The van der Waals surface area contributed by atoms with Crippen LogP contribution in [0, 0.1) is 11.3 Å². The van der Waals surface area contributed by atoms with Crippen LogP contribution in [0.15, 0.2) is 24.3 Å². The Labute approximate surface area is 96.7 Å². The third kappa shape index (κ3) is 3.57. The lowest BCUT2D eigenvalue weighted by atomic mass is 9.94. The highest BCUT2D eigenvalue weighted by molar-refractivity contribution is 6.31. The molecule has 1 aromatic rings. The van der Waals surface area contributed by atoms with E-state index in [4.69, 9.17) is 16.9 Å². The second-order valence-electron chi connectivity index (χ2n) is 3.70. The van der Waals surface area contributed by atoms with E-state index in [1.165, 1.54) is 12.8 Å². The second-order valence-corrected chi connectivity index (χ2v) is 4.11. The molecular weight excluding hydrogens is 206 g/mol. The van der Waals surface area contributed by atoms with Gasteiger partial charge >= 0.3 is 0 Å². The highest BCUT2D eigenvalue weighted by atomic mass is 35.5. The normalized spacial score (nSPS) is 12.1. The number of benzene rings is 1. The molecule has 0 amide bonds. The molecule has 2 heteroatoms. The summed E-state index contributed by atoms with van der Waals surface area (Å²) in [6.07, 6.45) is 4.37. The Hall–Kier alpha value is -1.00. The van der Waals surface area contributed by atoms with E-state index >= 15 is 0 Å². The standard InChI is InChI=1S/C13H16ClN/c1-2-3-4-7-11(10-15)12-8-5-6-9-13(12)14/h5-6,8-9,11H,2-4,7H2,1H3. The van der Waals surface area contributed by atoms with Gasteiger partial charge in [0.05, 0.1) is 12.0 Å². The van der Waals surface area contributed by atoms with E-state index in [9.17, 15) is 0 Å². The molecular formula is C13H16ClN. The van der Waals surface area contributed by atoms with Crippen molar-refractivity contribution < 1.29 is 0 Å². The molecule has 1 unspecified atom stereocenters. The number of hydrogen-bond donors (Lipinski definition) is 0. The number of hydrogen-bond acceptors (Lipinski definition) is 1. The van der Waals surface area contributed by atoms with Crippen LogP contribution in [-0.4, -0.2) is 0 Å². The lowest BCUT2D eigenvalue weighted by Gasteiger charge is -2.10. The quantitative estimate of drug-likeness (QED) is 0.671. The topological polar surface area (TPSA) is 23.8 Å². The summed E-state index contributed by atoms with van der Waals surface area (Å²) in [5.41, 5.74) is 0.970. The first-order valence-electron chi connectivity index (χ1n) is 5.43. The summed E-state index contributed by atoms with van der Waals surface area (Å²) < 4.78 is 0. The van der Waals surface area contributed by atoms with Crippen LogP contribution in [0.25, 0.3) is 0 Å². The lowest BCUT2D eigenvalue weighted by molar-refractivity contribution is 0.634. The maximum atomic E-state index is 9.09. The zero-order valence-electron chi connectivity index (χ0n) is 9.04. The van der Waals surface area contributed by atoms with Crippen molar-refractivity contribution >= 4 is 11.6 Å². The summed E-state index contributed by atoms with van der Waals surface area (Å²) in [6.45, 7) is 2.16. The fourth-order valence-electron chi connectivity index (χ4n) is 1.65. The molecule has 0 saturated carbocycles. The molecule has 1 nitrogen and oxygen atoms in total. The summed E-state index contributed by atoms with van der Waals surface area (Å²) >= 11 is 6.06. The predicted molar refractivity (Wildman–Crippen MR) is 63.9 cm³/mol. The van der Waals surface area contributed by atoms with Crippen LogP contribution >= 0.6 is 11.6 Å². The first kappa shape index (κ1) is 12.1. The zero-order chi connectivity index (χ0) is 11.1. The number of unbranched alkanes of at least 4 members (excludes halogenated alkanes) is 2. The van der Waals surface area contributed by atoms with Gasteiger partial charge in [-0.05, 0) is 18.1 Å². The van der Waals surface area contributed by atoms with Crippen molar-refractivity contribution in [1.29, 1.82) is 5.26 Å². The molecule has 0 saturated heterocycles. The Balaban J connectivity index is 2.67. The molecule has 0 aliphatic carbocycles. The summed E-state index contributed by atoms with van der Waals surface area (Å²) in [5, 5.41) is 9.80. The SMILES string of the molecule is CCCCCC(C#N)c1ccccc1Cl. The Morgan fingerprint density at radius 3 is 2.67 bits per heavy atom. The Bertz CT molecular complexity index is 341. The van der Waals surface area contributed by atoms with Crippen LogP contribution in [0.1, 0.15) is 44.1 Å². The number of rotatable bonds is 5. The van der Waals surface area contributed by atoms with Crippen LogP contribution in [0.4, 0.5) is 0 Å². The summed E-state index contributed by atoms with van der Waals surface area (Å²) in [7, 11) is 0. The van der Waals surface area contributed by atoms with Gasteiger partial charge in [0.2, 0.25) is 0 Å². The molecule has 0 N–H and O–H groups in total. The van der Waals surface area contributed by atoms with E-state index in [-0.39, 0.29) is 5.92 Å². The maximum Gasteiger partial charge on any atom is 0.0727 e. The predicted octanol–water partition coefficient (Wildman–Crippen LogP) is 4.53. The largest absolute Gasteiger partial charge is 0.198 e. The minimum atomic E-state index is -0.0507. The van der Waals surface area contributed by atoms with E-state index in [1.807, 2.05) is 24.3 Å². The van der Waals surface area contributed by atoms with Gasteiger partial charge in [-0.15, -0.1) is 0 Å². The Morgan fingerprint density at radius 1 is 1.33 bits per heavy atom. The molecule has 1 rings (SSSR count). The highest BCUT2D eigenvalue weighted by Crippen LogP contribution is 2.27. The molecule has 80 valence electrons. The van der Waals surface area contributed by atoms with Crippen molar-refractivity contribution in [3.05, 3.63) is 34.9 Å². The smallest absolute Gasteiger partial charge is 0.0727 e. The molecule has 0 aliphatic heterocycles. The molecule has 1 aromatic carbocycles. The van der Waals surface area contributed by atoms with Gasteiger partial charge in [-0.2, -0.15) is 5.26 Å². The van der Waals surface area contributed by atoms with E-state index in [0.29, 0.717) is 5.02 Å². The van der Waals surface area contributed by atoms with Gasteiger partial charge in [-0.1, -0.05) is 56.0 Å². The molecule has 0 aromatic heterocycles. The summed E-state index contributed by atoms with van der Waals surface area (Å²) in [6, 6.07) is 9.96. The maximum absolute atomic E-state index is 9.09.